The number of ether oxygens (including phenoxy) is 1. The van der Waals surface area contributed by atoms with E-state index in [1.807, 2.05) is 6.92 Å². The molecule has 3 atom stereocenters. The second kappa shape index (κ2) is 7.61. The average molecular weight is 464 g/mol. The topological polar surface area (TPSA) is 73.2 Å². The highest BCUT2D eigenvalue weighted by molar-refractivity contribution is 7.90. The van der Waals surface area contributed by atoms with Crippen molar-refractivity contribution in [3.8, 4) is 0 Å². The highest BCUT2D eigenvalue weighted by atomic mass is 32.2. The van der Waals surface area contributed by atoms with E-state index in [0.29, 0.717) is 31.4 Å². The van der Waals surface area contributed by atoms with Crippen LogP contribution in [0.2, 0.25) is 0 Å². The SMILES string of the molecule is C[C@H]1C[C@@]2(C[C@@H](c3cnn(CCS(C)(=O)=O)c3)N1)OCCc1sc(C(F)(F)F)cc12. The number of rotatable bonds is 4. The number of alkyl halides is 3. The lowest BCUT2D eigenvalue weighted by Gasteiger charge is -2.46. The number of fused-ring (bicyclic) bond motifs is 2. The number of aromatic nitrogens is 2. The first-order chi connectivity index (χ1) is 14.0. The van der Waals surface area contributed by atoms with Gasteiger partial charge in [-0.05, 0) is 25.0 Å². The van der Waals surface area contributed by atoms with Crippen LogP contribution in [-0.2, 0) is 39.3 Å². The van der Waals surface area contributed by atoms with E-state index in [1.54, 1.807) is 17.1 Å². The molecule has 2 aliphatic rings. The Morgan fingerprint density at radius 2 is 2.17 bits per heavy atom. The molecule has 1 fully saturated rings. The van der Waals surface area contributed by atoms with Crippen molar-refractivity contribution in [1.82, 2.24) is 15.1 Å². The Kier molecular flexibility index (Phi) is 5.53. The summed E-state index contributed by atoms with van der Waals surface area (Å²) < 4.78 is 70.5. The average Bonchev–Trinajstić information content (AvgIpc) is 3.26. The third kappa shape index (κ3) is 4.44. The largest absolute Gasteiger partial charge is 0.425 e. The van der Waals surface area contributed by atoms with Crippen LogP contribution >= 0.6 is 11.3 Å². The van der Waals surface area contributed by atoms with Gasteiger partial charge in [0.15, 0.2) is 0 Å². The number of thiophene rings is 1. The van der Waals surface area contributed by atoms with E-state index in [-0.39, 0.29) is 24.4 Å². The lowest BCUT2D eigenvalue weighted by atomic mass is 9.76. The number of sulfone groups is 1. The van der Waals surface area contributed by atoms with Crippen molar-refractivity contribution in [3.05, 3.63) is 39.3 Å². The predicted octanol–water partition coefficient (Wildman–Crippen LogP) is 3.29. The Labute approximate surface area is 177 Å². The fourth-order valence-electron chi connectivity index (χ4n) is 4.42. The number of nitrogens with one attached hydrogen (secondary N) is 1. The monoisotopic (exact) mass is 463 g/mol. The van der Waals surface area contributed by atoms with E-state index in [2.05, 4.69) is 10.4 Å². The summed E-state index contributed by atoms with van der Waals surface area (Å²) in [6, 6.07) is 1.15. The smallest absolute Gasteiger partial charge is 0.370 e. The molecule has 1 spiro atoms. The molecule has 2 aromatic rings. The first-order valence-electron chi connectivity index (χ1n) is 9.76. The molecule has 0 bridgehead atoms. The van der Waals surface area contributed by atoms with Gasteiger partial charge in [-0.15, -0.1) is 11.3 Å². The molecule has 0 aliphatic carbocycles. The van der Waals surface area contributed by atoms with Crippen LogP contribution in [0.25, 0.3) is 0 Å². The molecule has 4 heterocycles. The van der Waals surface area contributed by atoms with E-state index in [9.17, 15) is 21.6 Å². The summed E-state index contributed by atoms with van der Waals surface area (Å²) in [5.41, 5.74) is 0.767. The predicted molar refractivity (Wildman–Crippen MR) is 107 cm³/mol. The molecule has 0 aromatic carbocycles. The van der Waals surface area contributed by atoms with E-state index >= 15 is 0 Å². The van der Waals surface area contributed by atoms with Gasteiger partial charge in [-0.3, -0.25) is 4.68 Å². The minimum Gasteiger partial charge on any atom is -0.370 e. The second-order valence-corrected chi connectivity index (χ2v) is 11.6. The standard InChI is InChI=1S/C19H24F3N3O3S2/c1-12-8-18(14-7-17(19(20,21)22)29-16(14)3-5-28-18)9-15(24-12)13-10-23-25(11-13)4-6-30(2,26)27/h7,10-12,15,24H,3-6,8-9H2,1-2H3/t12-,15-,18-/m0/s1. The minimum atomic E-state index is -4.36. The fourth-order valence-corrected chi connectivity index (χ4v) is 6.04. The van der Waals surface area contributed by atoms with Crippen LogP contribution < -0.4 is 5.32 Å². The highest BCUT2D eigenvalue weighted by Gasteiger charge is 2.47. The van der Waals surface area contributed by atoms with Crippen LogP contribution in [0.5, 0.6) is 0 Å². The van der Waals surface area contributed by atoms with Crippen LogP contribution in [0.1, 0.15) is 46.7 Å². The number of piperidine rings is 1. The maximum atomic E-state index is 13.3. The van der Waals surface area contributed by atoms with Crippen molar-refractivity contribution in [2.75, 3.05) is 18.6 Å². The van der Waals surface area contributed by atoms with Crippen LogP contribution in [0.15, 0.2) is 18.5 Å². The van der Waals surface area contributed by atoms with Crippen LogP contribution in [0, 0.1) is 0 Å². The van der Waals surface area contributed by atoms with E-state index in [4.69, 9.17) is 4.74 Å². The number of aryl methyl sites for hydroxylation is 1. The van der Waals surface area contributed by atoms with Crippen molar-refractivity contribution in [1.29, 1.82) is 0 Å². The van der Waals surface area contributed by atoms with Gasteiger partial charge < -0.3 is 10.1 Å². The molecule has 0 radical (unpaired) electrons. The molecule has 166 valence electrons. The Morgan fingerprint density at radius 3 is 2.87 bits per heavy atom. The molecule has 1 saturated heterocycles. The quantitative estimate of drug-likeness (QED) is 0.753. The maximum absolute atomic E-state index is 13.3. The van der Waals surface area contributed by atoms with E-state index in [1.165, 1.54) is 12.3 Å². The molecule has 2 aliphatic heterocycles. The van der Waals surface area contributed by atoms with Gasteiger partial charge in [0.05, 0.1) is 30.7 Å². The summed E-state index contributed by atoms with van der Waals surface area (Å²) in [4.78, 5) is 0.180. The first kappa shape index (κ1) is 21.8. The Bertz CT molecular complexity index is 1030. The third-order valence-electron chi connectivity index (χ3n) is 5.69. The van der Waals surface area contributed by atoms with Crippen molar-refractivity contribution >= 4 is 21.2 Å². The van der Waals surface area contributed by atoms with Crippen molar-refractivity contribution < 1.29 is 26.3 Å². The van der Waals surface area contributed by atoms with Crippen LogP contribution in [0.4, 0.5) is 13.2 Å². The molecule has 4 rings (SSSR count). The van der Waals surface area contributed by atoms with Gasteiger partial charge in [0.25, 0.3) is 0 Å². The zero-order chi connectivity index (χ0) is 21.7. The van der Waals surface area contributed by atoms with Gasteiger partial charge in [0.1, 0.15) is 14.7 Å². The van der Waals surface area contributed by atoms with Gasteiger partial charge in [0, 0.05) is 47.8 Å². The maximum Gasteiger partial charge on any atom is 0.425 e. The Hall–Kier alpha value is -1.43. The normalized spacial score (nSPS) is 27.4. The Balaban J connectivity index is 1.61. The number of halogens is 3. The third-order valence-corrected chi connectivity index (χ3v) is 7.85. The summed E-state index contributed by atoms with van der Waals surface area (Å²) in [6.45, 7) is 2.65. The summed E-state index contributed by atoms with van der Waals surface area (Å²) >= 11 is 0.822. The molecule has 30 heavy (non-hydrogen) atoms. The summed E-state index contributed by atoms with van der Waals surface area (Å²) in [5.74, 6) is -0.00580. The van der Waals surface area contributed by atoms with Gasteiger partial charge in [-0.2, -0.15) is 18.3 Å². The fraction of sp³-hybridized carbons (Fsp3) is 0.632. The molecule has 1 N–H and O–H groups in total. The molecular formula is C19H24F3N3O3S2. The van der Waals surface area contributed by atoms with Crippen LogP contribution in [0.3, 0.4) is 0 Å². The van der Waals surface area contributed by atoms with Gasteiger partial charge in [0.2, 0.25) is 0 Å². The van der Waals surface area contributed by atoms with E-state index < -0.39 is 26.5 Å². The number of nitrogens with zero attached hydrogens (tertiary/aromatic N) is 2. The van der Waals surface area contributed by atoms with Gasteiger partial charge in [-0.25, -0.2) is 8.42 Å². The van der Waals surface area contributed by atoms with Crippen molar-refractivity contribution in [2.24, 2.45) is 0 Å². The van der Waals surface area contributed by atoms with E-state index in [0.717, 1.165) is 21.8 Å². The summed E-state index contributed by atoms with van der Waals surface area (Å²) in [5, 5.41) is 7.75. The molecule has 0 saturated carbocycles. The van der Waals surface area contributed by atoms with Gasteiger partial charge in [-0.1, -0.05) is 0 Å². The van der Waals surface area contributed by atoms with Gasteiger partial charge >= 0.3 is 6.18 Å². The lowest BCUT2D eigenvalue weighted by Crippen LogP contribution is -2.49. The first-order valence-corrected chi connectivity index (χ1v) is 12.6. The highest BCUT2D eigenvalue weighted by Crippen LogP contribution is 2.50. The molecular weight excluding hydrogens is 439 g/mol. The molecule has 6 nitrogen and oxygen atoms in total. The summed E-state index contributed by atoms with van der Waals surface area (Å²) in [7, 11) is -3.10. The number of hydrogen-bond acceptors (Lipinski definition) is 6. The number of hydrogen-bond donors (Lipinski definition) is 1. The molecule has 2 aromatic heterocycles. The molecule has 11 heteroatoms. The minimum absolute atomic E-state index is 0.00580. The molecule has 0 amide bonds. The second-order valence-electron chi connectivity index (χ2n) is 8.23. The zero-order valence-electron chi connectivity index (χ0n) is 16.7. The zero-order valence-corrected chi connectivity index (χ0v) is 18.3. The van der Waals surface area contributed by atoms with Crippen molar-refractivity contribution in [3.63, 3.8) is 0 Å². The van der Waals surface area contributed by atoms with Crippen LogP contribution in [-0.4, -0.2) is 42.9 Å². The lowest BCUT2D eigenvalue weighted by molar-refractivity contribution is -0.134. The molecule has 0 unspecified atom stereocenters. The van der Waals surface area contributed by atoms with Crippen molar-refractivity contribution in [2.45, 2.75) is 56.6 Å². The Morgan fingerprint density at radius 1 is 1.40 bits per heavy atom. The summed E-state index contributed by atoms with van der Waals surface area (Å²) in [6.07, 6.45) is 1.88.